The van der Waals surface area contributed by atoms with Gasteiger partial charge in [-0.25, -0.2) is 4.98 Å². The summed E-state index contributed by atoms with van der Waals surface area (Å²) >= 11 is 6.45. The quantitative estimate of drug-likeness (QED) is 0.239. The normalized spacial score (nSPS) is 18.4. The van der Waals surface area contributed by atoms with Crippen LogP contribution in [-0.2, 0) is 16.1 Å². The molecule has 0 bridgehead atoms. The highest BCUT2D eigenvalue weighted by Gasteiger charge is 2.37. The lowest BCUT2D eigenvalue weighted by atomic mass is 9.98. The maximum atomic E-state index is 13.2. The van der Waals surface area contributed by atoms with Gasteiger partial charge in [0.05, 0.1) is 42.3 Å². The third-order valence-corrected chi connectivity index (χ3v) is 8.21. The van der Waals surface area contributed by atoms with Crippen LogP contribution in [0.15, 0.2) is 47.1 Å². The second-order valence-electron chi connectivity index (χ2n) is 10.4. The number of aromatic nitrogens is 3. The molecule has 1 atom stereocenters. The molecule has 39 heavy (non-hydrogen) atoms. The van der Waals surface area contributed by atoms with Gasteiger partial charge in [-0.05, 0) is 62.6 Å². The number of hydrogen-bond donors (Lipinski definition) is 0. The van der Waals surface area contributed by atoms with Crippen molar-refractivity contribution in [3.8, 4) is 17.0 Å². The summed E-state index contributed by atoms with van der Waals surface area (Å²) in [6.45, 7) is 3.20. The monoisotopic (exact) mass is 548 g/mol. The molecule has 4 aromatic rings. The molecule has 1 saturated carbocycles. The predicted molar refractivity (Wildman–Crippen MR) is 150 cm³/mol. The minimum Gasteiger partial charge on any atom is -0.495 e. The summed E-state index contributed by atoms with van der Waals surface area (Å²) in [5.74, 6) is 1.47. The summed E-state index contributed by atoms with van der Waals surface area (Å²) in [5.41, 5.74) is 4.16. The summed E-state index contributed by atoms with van der Waals surface area (Å²) in [4.78, 5) is 20.1. The number of carbonyl (C=O) groups excluding carboxylic acids is 1. The largest absolute Gasteiger partial charge is 0.495 e. The predicted octanol–water partition coefficient (Wildman–Crippen LogP) is 6.88. The van der Waals surface area contributed by atoms with Crippen molar-refractivity contribution < 1.29 is 18.8 Å². The van der Waals surface area contributed by atoms with Gasteiger partial charge in [0, 0.05) is 35.8 Å². The maximum absolute atomic E-state index is 13.2. The fourth-order valence-electron chi connectivity index (χ4n) is 5.84. The molecule has 8 nitrogen and oxygen atoms in total. The topological polar surface area (TPSA) is 82.6 Å². The van der Waals surface area contributed by atoms with Crippen LogP contribution < -0.4 is 9.64 Å². The summed E-state index contributed by atoms with van der Waals surface area (Å²) < 4.78 is 19.2. The zero-order valence-corrected chi connectivity index (χ0v) is 23.1. The summed E-state index contributed by atoms with van der Waals surface area (Å²) in [5, 5.41) is 5.53. The first-order valence-electron chi connectivity index (χ1n) is 13.7. The van der Waals surface area contributed by atoms with E-state index in [1.165, 1.54) is 19.3 Å². The van der Waals surface area contributed by atoms with E-state index < -0.39 is 0 Å². The van der Waals surface area contributed by atoms with Crippen LogP contribution in [0.1, 0.15) is 62.5 Å². The highest BCUT2D eigenvalue weighted by molar-refractivity contribution is 6.32. The molecule has 2 aromatic carbocycles. The van der Waals surface area contributed by atoms with Gasteiger partial charge in [-0.3, -0.25) is 4.79 Å². The molecule has 9 heteroatoms. The van der Waals surface area contributed by atoms with E-state index in [0.29, 0.717) is 42.9 Å². The van der Waals surface area contributed by atoms with E-state index >= 15 is 0 Å². The van der Waals surface area contributed by atoms with E-state index in [0.717, 1.165) is 52.3 Å². The molecule has 1 saturated heterocycles. The Morgan fingerprint density at radius 2 is 1.95 bits per heavy atom. The number of ether oxygens (including phenoxy) is 2. The number of amides is 1. The molecule has 2 fully saturated rings. The molecular weight excluding hydrogens is 516 g/mol. The standard InChI is InChI=1S/C30H33ClN4O4/c1-19-23-16-20(8-11-27(23)39-33-19)25-18-34(14-15-38-22-6-4-3-5-7-22)30(32-25)26-10-13-29(36)35(26)21-9-12-28(37-2)24(31)17-21/h8-9,11-12,16-18,22,26H,3-7,10,13-15H2,1-2H3/t26-/m0/s1. The maximum Gasteiger partial charge on any atom is 0.227 e. The van der Waals surface area contributed by atoms with Crippen molar-refractivity contribution in [2.45, 2.75) is 70.6 Å². The Bertz CT molecular complexity index is 1490. The van der Waals surface area contributed by atoms with E-state index in [-0.39, 0.29) is 11.9 Å². The van der Waals surface area contributed by atoms with E-state index in [4.69, 9.17) is 30.6 Å². The number of anilines is 1. The number of aryl methyl sites for hydroxylation is 1. The van der Waals surface area contributed by atoms with Gasteiger partial charge >= 0.3 is 0 Å². The van der Waals surface area contributed by atoms with Crippen molar-refractivity contribution in [2.75, 3.05) is 18.6 Å². The van der Waals surface area contributed by atoms with Crippen LogP contribution in [0.25, 0.3) is 22.2 Å². The SMILES string of the molecule is COc1ccc(N2C(=O)CC[C@H]2c2nc(-c3ccc4onc(C)c4c3)cn2CCOC2CCCCC2)cc1Cl. The second-order valence-corrected chi connectivity index (χ2v) is 10.8. The van der Waals surface area contributed by atoms with Crippen molar-refractivity contribution in [1.29, 1.82) is 0 Å². The lowest BCUT2D eigenvalue weighted by molar-refractivity contribution is -0.117. The van der Waals surface area contributed by atoms with E-state index in [1.807, 2.05) is 30.0 Å². The zero-order valence-electron chi connectivity index (χ0n) is 22.4. The van der Waals surface area contributed by atoms with Gasteiger partial charge in [0.1, 0.15) is 11.6 Å². The second kappa shape index (κ2) is 11.0. The van der Waals surface area contributed by atoms with Gasteiger partial charge < -0.3 is 23.5 Å². The molecule has 1 aliphatic heterocycles. The number of methoxy groups -OCH3 is 1. The van der Waals surface area contributed by atoms with Crippen LogP contribution >= 0.6 is 11.6 Å². The third kappa shape index (κ3) is 5.15. The van der Waals surface area contributed by atoms with Crippen molar-refractivity contribution in [1.82, 2.24) is 14.7 Å². The van der Waals surface area contributed by atoms with Crippen LogP contribution in [0, 0.1) is 6.92 Å². The molecule has 1 amide bonds. The average Bonchev–Trinajstić information content (AvgIpc) is 3.66. The highest BCUT2D eigenvalue weighted by Crippen LogP contribution is 2.40. The highest BCUT2D eigenvalue weighted by atomic mass is 35.5. The van der Waals surface area contributed by atoms with Gasteiger partial charge in [-0.2, -0.15) is 0 Å². The van der Waals surface area contributed by atoms with Gasteiger partial charge in [0.15, 0.2) is 5.58 Å². The van der Waals surface area contributed by atoms with E-state index in [2.05, 4.69) is 22.0 Å². The van der Waals surface area contributed by atoms with Gasteiger partial charge in [-0.15, -0.1) is 0 Å². The number of rotatable bonds is 8. The molecule has 2 aliphatic rings. The van der Waals surface area contributed by atoms with E-state index in [1.54, 1.807) is 19.2 Å². The number of imidazole rings is 1. The van der Waals surface area contributed by atoms with Crippen molar-refractivity contribution in [3.63, 3.8) is 0 Å². The van der Waals surface area contributed by atoms with Crippen LogP contribution in [-0.4, -0.2) is 40.4 Å². The molecule has 2 aromatic heterocycles. The first-order chi connectivity index (χ1) is 19.0. The van der Waals surface area contributed by atoms with Gasteiger partial charge in [0.25, 0.3) is 0 Å². The Balaban J connectivity index is 1.35. The summed E-state index contributed by atoms with van der Waals surface area (Å²) in [6.07, 6.45) is 9.55. The molecule has 1 aliphatic carbocycles. The number of fused-ring (bicyclic) bond motifs is 1. The van der Waals surface area contributed by atoms with Crippen LogP contribution in [0.3, 0.4) is 0 Å². The molecule has 6 rings (SSSR count). The summed E-state index contributed by atoms with van der Waals surface area (Å²) in [7, 11) is 1.58. The molecular formula is C30H33ClN4O4. The minimum atomic E-state index is -0.216. The van der Waals surface area contributed by atoms with Crippen LogP contribution in [0.4, 0.5) is 5.69 Å². The molecule has 0 N–H and O–H groups in total. The third-order valence-electron chi connectivity index (χ3n) is 7.91. The number of nitrogens with zero attached hydrogens (tertiary/aromatic N) is 4. The first kappa shape index (κ1) is 25.9. The Labute approximate surface area is 232 Å². The number of carbonyl (C=O) groups is 1. The van der Waals surface area contributed by atoms with Crippen molar-refractivity contribution >= 4 is 34.2 Å². The molecule has 0 unspecified atom stereocenters. The smallest absolute Gasteiger partial charge is 0.227 e. The Kier molecular flexibility index (Phi) is 7.32. The summed E-state index contributed by atoms with van der Waals surface area (Å²) in [6, 6.07) is 11.3. The number of hydrogen-bond acceptors (Lipinski definition) is 6. The van der Waals surface area contributed by atoms with Crippen molar-refractivity contribution in [3.05, 3.63) is 59.1 Å². The van der Waals surface area contributed by atoms with Crippen molar-refractivity contribution in [2.24, 2.45) is 0 Å². The van der Waals surface area contributed by atoms with Gasteiger partial charge in [0.2, 0.25) is 5.91 Å². The fraction of sp³-hybridized carbons (Fsp3) is 0.433. The fourth-order valence-corrected chi connectivity index (χ4v) is 6.09. The molecule has 0 radical (unpaired) electrons. The lowest BCUT2D eigenvalue weighted by Gasteiger charge is -2.26. The molecule has 0 spiro atoms. The van der Waals surface area contributed by atoms with Crippen LogP contribution in [0.2, 0.25) is 5.02 Å². The lowest BCUT2D eigenvalue weighted by Crippen LogP contribution is -2.29. The Morgan fingerprint density at radius 3 is 2.74 bits per heavy atom. The molecule has 204 valence electrons. The minimum absolute atomic E-state index is 0.0531. The molecule has 3 heterocycles. The van der Waals surface area contributed by atoms with Crippen LogP contribution in [0.5, 0.6) is 5.75 Å². The zero-order chi connectivity index (χ0) is 26.9. The number of halogens is 1. The van der Waals surface area contributed by atoms with Gasteiger partial charge in [-0.1, -0.05) is 36.0 Å². The first-order valence-corrected chi connectivity index (χ1v) is 14.1. The Morgan fingerprint density at radius 1 is 1.10 bits per heavy atom. The van der Waals surface area contributed by atoms with E-state index in [9.17, 15) is 4.79 Å². The average molecular weight is 549 g/mol. The number of benzene rings is 2. The Hall–Kier alpha value is -3.36.